The zero-order valence-corrected chi connectivity index (χ0v) is 9.09. The SMILES string of the molecule is C=CCc1ccccc1OCCBr. The van der Waals surface area contributed by atoms with E-state index in [1.807, 2.05) is 24.3 Å². The first kappa shape index (κ1) is 10.3. The largest absolute Gasteiger partial charge is 0.492 e. The molecule has 0 atom stereocenters. The first-order valence-corrected chi connectivity index (χ1v) is 5.38. The van der Waals surface area contributed by atoms with Gasteiger partial charge < -0.3 is 4.74 Å². The number of halogens is 1. The number of ether oxygens (including phenoxy) is 1. The molecule has 0 radical (unpaired) electrons. The van der Waals surface area contributed by atoms with Gasteiger partial charge in [-0.3, -0.25) is 0 Å². The lowest BCUT2D eigenvalue weighted by Gasteiger charge is -2.08. The van der Waals surface area contributed by atoms with Crippen LogP contribution in [0.2, 0.25) is 0 Å². The molecule has 0 N–H and O–H groups in total. The van der Waals surface area contributed by atoms with E-state index in [1.54, 1.807) is 0 Å². The van der Waals surface area contributed by atoms with E-state index in [4.69, 9.17) is 4.74 Å². The molecule has 0 aliphatic carbocycles. The number of alkyl halides is 1. The molecule has 0 heterocycles. The maximum Gasteiger partial charge on any atom is 0.122 e. The Morgan fingerprint density at radius 1 is 1.38 bits per heavy atom. The van der Waals surface area contributed by atoms with E-state index in [0.29, 0.717) is 6.61 Å². The molecule has 0 spiro atoms. The summed E-state index contributed by atoms with van der Waals surface area (Å²) in [6, 6.07) is 8.04. The molecule has 70 valence electrons. The van der Waals surface area contributed by atoms with Gasteiger partial charge in [-0.05, 0) is 18.1 Å². The highest BCUT2D eigenvalue weighted by Crippen LogP contribution is 2.18. The first-order chi connectivity index (χ1) is 6.38. The van der Waals surface area contributed by atoms with E-state index < -0.39 is 0 Å². The smallest absolute Gasteiger partial charge is 0.122 e. The number of allylic oxidation sites excluding steroid dienone is 1. The zero-order valence-electron chi connectivity index (χ0n) is 7.50. The van der Waals surface area contributed by atoms with E-state index in [9.17, 15) is 0 Å². The van der Waals surface area contributed by atoms with Gasteiger partial charge in [0.25, 0.3) is 0 Å². The molecular formula is C11H13BrO. The second kappa shape index (κ2) is 5.81. The molecule has 1 rings (SSSR count). The lowest BCUT2D eigenvalue weighted by molar-refractivity contribution is 0.342. The monoisotopic (exact) mass is 240 g/mol. The predicted octanol–water partition coefficient (Wildman–Crippen LogP) is 3.19. The van der Waals surface area contributed by atoms with Crippen LogP contribution in [0.4, 0.5) is 0 Å². The van der Waals surface area contributed by atoms with Crippen LogP contribution in [0.25, 0.3) is 0 Å². The molecule has 0 bridgehead atoms. The maximum absolute atomic E-state index is 5.54. The van der Waals surface area contributed by atoms with Crippen LogP contribution >= 0.6 is 15.9 Å². The third kappa shape index (κ3) is 3.23. The Labute approximate surface area is 87.5 Å². The third-order valence-electron chi connectivity index (χ3n) is 1.67. The van der Waals surface area contributed by atoms with E-state index >= 15 is 0 Å². The van der Waals surface area contributed by atoms with Crippen molar-refractivity contribution >= 4 is 15.9 Å². The summed E-state index contributed by atoms with van der Waals surface area (Å²) >= 11 is 3.33. The van der Waals surface area contributed by atoms with Crippen LogP contribution < -0.4 is 4.74 Å². The molecular weight excluding hydrogens is 228 g/mol. The Hall–Kier alpha value is -0.760. The Balaban J connectivity index is 2.71. The highest BCUT2D eigenvalue weighted by molar-refractivity contribution is 9.09. The summed E-state index contributed by atoms with van der Waals surface area (Å²) in [4.78, 5) is 0. The number of benzene rings is 1. The lowest BCUT2D eigenvalue weighted by Crippen LogP contribution is -2.00. The molecule has 2 heteroatoms. The van der Waals surface area contributed by atoms with Crippen LogP contribution in [0.1, 0.15) is 5.56 Å². The minimum Gasteiger partial charge on any atom is -0.492 e. The van der Waals surface area contributed by atoms with Crippen molar-refractivity contribution in [1.82, 2.24) is 0 Å². The van der Waals surface area contributed by atoms with Crippen LogP contribution in [0.3, 0.4) is 0 Å². The molecule has 0 aliphatic heterocycles. The minimum absolute atomic E-state index is 0.703. The van der Waals surface area contributed by atoms with Crippen LogP contribution in [0, 0.1) is 0 Å². The molecule has 0 aromatic heterocycles. The maximum atomic E-state index is 5.54. The Morgan fingerprint density at radius 3 is 2.85 bits per heavy atom. The van der Waals surface area contributed by atoms with Gasteiger partial charge >= 0.3 is 0 Å². The summed E-state index contributed by atoms with van der Waals surface area (Å²) < 4.78 is 5.54. The lowest BCUT2D eigenvalue weighted by atomic mass is 10.1. The van der Waals surface area contributed by atoms with Crippen molar-refractivity contribution in [2.24, 2.45) is 0 Å². The van der Waals surface area contributed by atoms with Gasteiger partial charge in [0.2, 0.25) is 0 Å². The van der Waals surface area contributed by atoms with Gasteiger partial charge in [0, 0.05) is 5.33 Å². The first-order valence-electron chi connectivity index (χ1n) is 4.26. The molecule has 0 saturated heterocycles. The van der Waals surface area contributed by atoms with E-state index in [1.165, 1.54) is 5.56 Å². The van der Waals surface area contributed by atoms with Gasteiger partial charge in [0.15, 0.2) is 0 Å². The Kier molecular flexibility index (Phi) is 4.61. The third-order valence-corrected chi connectivity index (χ3v) is 2.00. The van der Waals surface area contributed by atoms with Crippen LogP contribution in [0.15, 0.2) is 36.9 Å². The van der Waals surface area contributed by atoms with E-state index in [2.05, 4.69) is 28.6 Å². The summed E-state index contributed by atoms with van der Waals surface area (Å²) in [5.41, 5.74) is 1.19. The molecule has 0 fully saturated rings. The van der Waals surface area contributed by atoms with Gasteiger partial charge in [-0.15, -0.1) is 6.58 Å². The van der Waals surface area contributed by atoms with E-state index in [-0.39, 0.29) is 0 Å². The quantitative estimate of drug-likeness (QED) is 0.568. The van der Waals surface area contributed by atoms with Crippen molar-refractivity contribution in [1.29, 1.82) is 0 Å². The van der Waals surface area contributed by atoms with Gasteiger partial charge in [-0.25, -0.2) is 0 Å². The van der Waals surface area contributed by atoms with Crippen LogP contribution in [0.5, 0.6) is 5.75 Å². The summed E-state index contributed by atoms with van der Waals surface area (Å²) in [6.07, 6.45) is 2.74. The molecule has 1 nitrogen and oxygen atoms in total. The van der Waals surface area contributed by atoms with Crippen molar-refractivity contribution in [3.05, 3.63) is 42.5 Å². The van der Waals surface area contributed by atoms with Crippen LogP contribution in [-0.4, -0.2) is 11.9 Å². The van der Waals surface area contributed by atoms with Crippen molar-refractivity contribution in [3.63, 3.8) is 0 Å². The summed E-state index contributed by atoms with van der Waals surface area (Å²) in [6.45, 7) is 4.42. The Bertz CT molecular complexity index is 271. The molecule has 1 aromatic carbocycles. The summed E-state index contributed by atoms with van der Waals surface area (Å²) in [5.74, 6) is 0.960. The normalized spacial score (nSPS) is 9.62. The topological polar surface area (TPSA) is 9.23 Å². The average Bonchev–Trinajstić information content (AvgIpc) is 2.17. The molecule has 0 unspecified atom stereocenters. The average molecular weight is 241 g/mol. The zero-order chi connectivity index (χ0) is 9.52. The molecule has 13 heavy (non-hydrogen) atoms. The number of hydrogen-bond donors (Lipinski definition) is 0. The second-order valence-corrected chi connectivity index (χ2v) is 3.43. The summed E-state index contributed by atoms with van der Waals surface area (Å²) in [5, 5.41) is 0.857. The predicted molar refractivity (Wildman–Crippen MR) is 59.6 cm³/mol. The van der Waals surface area contributed by atoms with Crippen molar-refractivity contribution < 1.29 is 4.74 Å². The standard InChI is InChI=1S/C11H13BrO/c1-2-5-10-6-3-4-7-11(10)13-9-8-12/h2-4,6-7H,1,5,8-9H2. The summed E-state index contributed by atoms with van der Waals surface area (Å²) in [7, 11) is 0. The number of para-hydroxylation sites is 1. The van der Waals surface area contributed by atoms with Crippen molar-refractivity contribution in [2.75, 3.05) is 11.9 Å². The number of hydrogen-bond acceptors (Lipinski definition) is 1. The molecule has 0 aliphatic rings. The molecule has 0 saturated carbocycles. The molecule has 0 amide bonds. The van der Waals surface area contributed by atoms with Gasteiger partial charge in [0.1, 0.15) is 5.75 Å². The van der Waals surface area contributed by atoms with Gasteiger partial charge in [-0.1, -0.05) is 40.2 Å². The minimum atomic E-state index is 0.703. The van der Waals surface area contributed by atoms with Gasteiger partial charge in [-0.2, -0.15) is 0 Å². The second-order valence-electron chi connectivity index (χ2n) is 2.64. The number of rotatable bonds is 5. The fourth-order valence-electron chi connectivity index (χ4n) is 1.12. The van der Waals surface area contributed by atoms with Crippen molar-refractivity contribution in [3.8, 4) is 5.75 Å². The highest BCUT2D eigenvalue weighted by atomic mass is 79.9. The van der Waals surface area contributed by atoms with Gasteiger partial charge in [0.05, 0.1) is 6.61 Å². The van der Waals surface area contributed by atoms with Crippen molar-refractivity contribution in [2.45, 2.75) is 6.42 Å². The highest BCUT2D eigenvalue weighted by Gasteiger charge is 1.99. The Morgan fingerprint density at radius 2 is 2.15 bits per heavy atom. The van der Waals surface area contributed by atoms with E-state index in [0.717, 1.165) is 17.5 Å². The van der Waals surface area contributed by atoms with Crippen LogP contribution in [-0.2, 0) is 6.42 Å². The molecule has 1 aromatic rings. The fraction of sp³-hybridized carbons (Fsp3) is 0.273. The fourth-order valence-corrected chi connectivity index (χ4v) is 1.28.